The molecule has 1 N–H and O–H groups in total. The van der Waals surface area contributed by atoms with E-state index in [1.165, 1.54) is 70.5 Å². The van der Waals surface area contributed by atoms with Gasteiger partial charge in [0.05, 0.1) is 0 Å². The molecular formula is C16H30N2S. The molecule has 3 rings (SSSR count). The zero-order valence-electron chi connectivity index (χ0n) is 12.7. The first kappa shape index (κ1) is 14.2. The topological polar surface area (TPSA) is 15.3 Å². The minimum atomic E-state index is 0.460. The predicted octanol–water partition coefficient (Wildman–Crippen LogP) is 3.13. The van der Waals surface area contributed by atoms with Crippen molar-refractivity contribution in [2.45, 2.75) is 63.2 Å². The number of nitrogens with zero attached hydrogens (tertiary/aromatic N) is 1. The second-order valence-corrected chi connectivity index (χ2v) is 9.48. The van der Waals surface area contributed by atoms with Crippen LogP contribution < -0.4 is 5.32 Å². The molecule has 3 fully saturated rings. The van der Waals surface area contributed by atoms with Crippen LogP contribution in [0.15, 0.2) is 0 Å². The average Bonchev–Trinajstić information content (AvgIpc) is 3.06. The molecule has 0 bridgehead atoms. The Morgan fingerprint density at radius 2 is 1.95 bits per heavy atom. The molecule has 0 unspecified atom stereocenters. The largest absolute Gasteiger partial charge is 0.313 e. The number of nitrogens with one attached hydrogen (secondary N) is 1. The molecule has 19 heavy (non-hydrogen) atoms. The minimum absolute atomic E-state index is 0.460. The highest BCUT2D eigenvalue weighted by atomic mass is 32.2. The van der Waals surface area contributed by atoms with E-state index in [9.17, 15) is 0 Å². The van der Waals surface area contributed by atoms with Crippen molar-refractivity contribution in [2.75, 3.05) is 31.9 Å². The maximum atomic E-state index is 3.82. The Bertz CT molecular complexity index is 306. The van der Waals surface area contributed by atoms with Gasteiger partial charge in [-0.25, -0.2) is 0 Å². The molecule has 0 radical (unpaired) electrons. The Balaban J connectivity index is 1.57. The third kappa shape index (κ3) is 3.89. The van der Waals surface area contributed by atoms with Crippen LogP contribution >= 0.6 is 11.8 Å². The summed E-state index contributed by atoms with van der Waals surface area (Å²) in [5.74, 6) is 1.32. The normalized spacial score (nSPS) is 30.6. The first-order valence-electron chi connectivity index (χ1n) is 8.17. The average molecular weight is 282 g/mol. The molecule has 3 heteroatoms. The maximum absolute atomic E-state index is 3.82. The number of hydrogen-bond acceptors (Lipinski definition) is 3. The molecule has 1 heterocycles. The van der Waals surface area contributed by atoms with Gasteiger partial charge in [-0.2, -0.15) is 11.8 Å². The number of rotatable bonds is 5. The van der Waals surface area contributed by atoms with Gasteiger partial charge in [0, 0.05) is 42.7 Å². The van der Waals surface area contributed by atoms with E-state index in [0.29, 0.717) is 10.2 Å². The standard InChI is InChI=1S/C16H30N2S/c1-15(2)12-18(9-10-19-15)13-16(7-3-4-8-16)11-17-14-5-6-14/h14,17H,3-13H2,1-2H3. The van der Waals surface area contributed by atoms with E-state index in [0.717, 1.165) is 6.04 Å². The minimum Gasteiger partial charge on any atom is -0.313 e. The lowest BCUT2D eigenvalue weighted by atomic mass is 9.85. The summed E-state index contributed by atoms with van der Waals surface area (Å²) >= 11 is 2.15. The molecule has 110 valence electrons. The van der Waals surface area contributed by atoms with Gasteiger partial charge in [-0.1, -0.05) is 12.8 Å². The summed E-state index contributed by atoms with van der Waals surface area (Å²) in [5, 5.41) is 3.82. The maximum Gasteiger partial charge on any atom is 0.0231 e. The molecule has 0 spiro atoms. The van der Waals surface area contributed by atoms with Gasteiger partial charge in [-0.3, -0.25) is 0 Å². The molecule has 0 aromatic rings. The number of thioether (sulfide) groups is 1. The van der Waals surface area contributed by atoms with Crippen molar-refractivity contribution in [3.8, 4) is 0 Å². The van der Waals surface area contributed by atoms with E-state index >= 15 is 0 Å². The van der Waals surface area contributed by atoms with Gasteiger partial charge in [-0.15, -0.1) is 0 Å². The molecule has 1 aliphatic heterocycles. The zero-order chi connectivity index (χ0) is 13.3. The monoisotopic (exact) mass is 282 g/mol. The Labute approximate surface area is 123 Å². The van der Waals surface area contributed by atoms with Crippen LogP contribution in [-0.4, -0.2) is 47.6 Å². The van der Waals surface area contributed by atoms with Crippen molar-refractivity contribution in [3.05, 3.63) is 0 Å². The third-order valence-electron chi connectivity index (χ3n) is 5.07. The first-order valence-corrected chi connectivity index (χ1v) is 9.15. The van der Waals surface area contributed by atoms with Crippen LogP contribution in [0.2, 0.25) is 0 Å². The van der Waals surface area contributed by atoms with Gasteiger partial charge < -0.3 is 10.2 Å². The van der Waals surface area contributed by atoms with Gasteiger partial charge in [0.25, 0.3) is 0 Å². The van der Waals surface area contributed by atoms with Crippen LogP contribution in [0.5, 0.6) is 0 Å². The molecule has 0 atom stereocenters. The Morgan fingerprint density at radius 1 is 1.21 bits per heavy atom. The van der Waals surface area contributed by atoms with E-state index in [1.54, 1.807) is 0 Å². The molecule has 0 aromatic carbocycles. The van der Waals surface area contributed by atoms with Gasteiger partial charge in [0.15, 0.2) is 0 Å². The van der Waals surface area contributed by atoms with Gasteiger partial charge >= 0.3 is 0 Å². The molecule has 3 aliphatic rings. The molecule has 0 aromatic heterocycles. The quantitative estimate of drug-likeness (QED) is 0.834. The van der Waals surface area contributed by atoms with Gasteiger partial charge in [0.1, 0.15) is 0 Å². The predicted molar refractivity (Wildman–Crippen MR) is 84.9 cm³/mol. The van der Waals surface area contributed by atoms with E-state index in [-0.39, 0.29) is 0 Å². The summed E-state index contributed by atoms with van der Waals surface area (Å²) < 4.78 is 0.460. The van der Waals surface area contributed by atoms with E-state index < -0.39 is 0 Å². The highest BCUT2D eigenvalue weighted by Crippen LogP contribution is 2.40. The van der Waals surface area contributed by atoms with E-state index in [1.807, 2.05) is 0 Å². The molecule has 1 saturated heterocycles. The third-order valence-corrected chi connectivity index (χ3v) is 6.37. The summed E-state index contributed by atoms with van der Waals surface area (Å²) in [6.07, 6.45) is 8.66. The first-order chi connectivity index (χ1) is 9.07. The van der Waals surface area contributed by atoms with Crippen LogP contribution in [0.25, 0.3) is 0 Å². The summed E-state index contributed by atoms with van der Waals surface area (Å²) in [7, 11) is 0. The smallest absolute Gasteiger partial charge is 0.0231 e. The molecule has 2 saturated carbocycles. The summed E-state index contributed by atoms with van der Waals surface area (Å²) in [4.78, 5) is 2.76. The highest BCUT2D eigenvalue weighted by Gasteiger charge is 2.38. The van der Waals surface area contributed by atoms with Gasteiger partial charge in [0.2, 0.25) is 0 Å². The Kier molecular flexibility index (Phi) is 4.17. The van der Waals surface area contributed by atoms with Crippen molar-refractivity contribution in [1.29, 1.82) is 0 Å². The Hall–Kier alpha value is 0.270. The molecule has 2 aliphatic carbocycles. The fourth-order valence-electron chi connectivity index (χ4n) is 3.89. The zero-order valence-corrected chi connectivity index (χ0v) is 13.5. The van der Waals surface area contributed by atoms with Crippen LogP contribution in [0.4, 0.5) is 0 Å². The van der Waals surface area contributed by atoms with Crippen molar-refractivity contribution in [3.63, 3.8) is 0 Å². The van der Waals surface area contributed by atoms with Crippen LogP contribution in [0.3, 0.4) is 0 Å². The van der Waals surface area contributed by atoms with Crippen molar-refractivity contribution in [2.24, 2.45) is 5.41 Å². The molecule has 0 amide bonds. The van der Waals surface area contributed by atoms with Crippen LogP contribution in [0.1, 0.15) is 52.4 Å². The fourth-order valence-corrected chi connectivity index (χ4v) is 5.06. The molecule has 2 nitrogen and oxygen atoms in total. The Morgan fingerprint density at radius 3 is 2.58 bits per heavy atom. The van der Waals surface area contributed by atoms with Crippen LogP contribution in [-0.2, 0) is 0 Å². The molecular weight excluding hydrogens is 252 g/mol. The highest BCUT2D eigenvalue weighted by molar-refractivity contribution is 8.00. The van der Waals surface area contributed by atoms with Crippen molar-refractivity contribution >= 4 is 11.8 Å². The van der Waals surface area contributed by atoms with E-state index in [4.69, 9.17) is 0 Å². The van der Waals surface area contributed by atoms with Gasteiger partial charge in [-0.05, 0) is 44.9 Å². The van der Waals surface area contributed by atoms with Crippen molar-refractivity contribution in [1.82, 2.24) is 10.2 Å². The lowest BCUT2D eigenvalue weighted by Crippen LogP contribution is -2.49. The lowest BCUT2D eigenvalue weighted by Gasteiger charge is -2.42. The number of hydrogen-bond donors (Lipinski definition) is 1. The summed E-state index contributed by atoms with van der Waals surface area (Å²) in [6.45, 7) is 10.0. The summed E-state index contributed by atoms with van der Waals surface area (Å²) in [6, 6.07) is 0.867. The van der Waals surface area contributed by atoms with Crippen molar-refractivity contribution < 1.29 is 0 Å². The second-order valence-electron chi connectivity index (χ2n) is 7.68. The fraction of sp³-hybridized carbons (Fsp3) is 1.00. The van der Waals surface area contributed by atoms with E-state index in [2.05, 4.69) is 35.8 Å². The lowest BCUT2D eigenvalue weighted by molar-refractivity contribution is 0.143. The SMILES string of the molecule is CC1(C)CN(CC2(CNC3CC3)CCCC2)CCS1. The second kappa shape index (κ2) is 5.57. The summed E-state index contributed by atoms with van der Waals surface area (Å²) in [5.41, 5.74) is 0.598. The van der Waals surface area contributed by atoms with Crippen LogP contribution in [0, 0.1) is 5.41 Å².